The Hall–Kier alpha value is -3.09. The summed E-state index contributed by atoms with van der Waals surface area (Å²) >= 11 is 5.36. The fourth-order valence-corrected chi connectivity index (χ4v) is 4.01. The van der Waals surface area contributed by atoms with E-state index in [-0.39, 0.29) is 28.6 Å². The summed E-state index contributed by atoms with van der Waals surface area (Å²) in [5, 5.41) is 20.0. The SMILES string of the molecule is CC(=NCC(=S)Cc1ccc(S(N)(=O)=O)cc1)c1nn(C)c(-c2ccc(C(F)(F)F)cc2)c1O. The van der Waals surface area contributed by atoms with Crippen LogP contribution in [-0.4, -0.2) is 40.4 Å². The Morgan fingerprint density at radius 3 is 2.26 bits per heavy atom. The monoisotopic (exact) mass is 510 g/mol. The van der Waals surface area contributed by atoms with Crippen LogP contribution in [0.5, 0.6) is 5.75 Å². The first-order valence-corrected chi connectivity index (χ1v) is 11.8. The maximum Gasteiger partial charge on any atom is 0.416 e. The van der Waals surface area contributed by atoms with E-state index in [1.54, 1.807) is 26.1 Å². The van der Waals surface area contributed by atoms with Gasteiger partial charge in [0, 0.05) is 23.9 Å². The molecular weight excluding hydrogens is 489 g/mol. The molecule has 180 valence electrons. The molecular formula is C22H21F3N4O3S2. The second-order valence-electron chi connectivity index (χ2n) is 7.55. The number of nitrogens with zero attached hydrogens (tertiary/aromatic N) is 3. The van der Waals surface area contributed by atoms with Gasteiger partial charge < -0.3 is 5.11 Å². The van der Waals surface area contributed by atoms with Crippen LogP contribution in [-0.2, 0) is 29.7 Å². The summed E-state index contributed by atoms with van der Waals surface area (Å²) in [5.74, 6) is -0.201. The lowest BCUT2D eigenvalue weighted by molar-refractivity contribution is -0.137. The van der Waals surface area contributed by atoms with Crippen molar-refractivity contribution in [3.8, 4) is 17.0 Å². The molecule has 34 heavy (non-hydrogen) atoms. The van der Waals surface area contributed by atoms with Crippen LogP contribution in [0.3, 0.4) is 0 Å². The summed E-state index contributed by atoms with van der Waals surface area (Å²) in [4.78, 5) is 4.95. The highest BCUT2D eigenvalue weighted by Crippen LogP contribution is 2.35. The maximum absolute atomic E-state index is 12.8. The molecule has 0 saturated carbocycles. The Morgan fingerprint density at radius 2 is 1.74 bits per heavy atom. The van der Waals surface area contributed by atoms with Gasteiger partial charge in [0.2, 0.25) is 10.0 Å². The molecule has 1 heterocycles. The van der Waals surface area contributed by atoms with Crippen molar-refractivity contribution in [1.82, 2.24) is 9.78 Å². The fraction of sp³-hybridized carbons (Fsp3) is 0.227. The van der Waals surface area contributed by atoms with Crippen LogP contribution >= 0.6 is 12.2 Å². The fourth-order valence-electron chi connectivity index (χ4n) is 3.26. The van der Waals surface area contributed by atoms with Gasteiger partial charge in [-0.25, -0.2) is 13.6 Å². The zero-order valence-electron chi connectivity index (χ0n) is 18.2. The number of rotatable bonds is 7. The Labute approximate surface area is 199 Å². The lowest BCUT2D eigenvalue weighted by Crippen LogP contribution is -2.12. The number of halogens is 3. The number of aliphatic imine (C=N–C) groups is 1. The highest BCUT2D eigenvalue weighted by Gasteiger charge is 2.30. The van der Waals surface area contributed by atoms with Crippen LogP contribution in [0.15, 0.2) is 58.4 Å². The normalized spacial score (nSPS) is 12.7. The Bertz CT molecular complexity index is 1350. The molecule has 3 N–H and O–H groups in total. The van der Waals surface area contributed by atoms with Crippen LogP contribution in [0, 0.1) is 0 Å². The van der Waals surface area contributed by atoms with Crippen molar-refractivity contribution in [1.29, 1.82) is 0 Å². The van der Waals surface area contributed by atoms with E-state index in [4.69, 9.17) is 17.4 Å². The number of aromatic nitrogens is 2. The van der Waals surface area contributed by atoms with Gasteiger partial charge in [0.25, 0.3) is 0 Å². The van der Waals surface area contributed by atoms with Crippen molar-refractivity contribution < 1.29 is 26.7 Å². The van der Waals surface area contributed by atoms with Crippen molar-refractivity contribution in [3.05, 3.63) is 65.4 Å². The molecule has 0 aliphatic heterocycles. The third-order valence-corrected chi connectivity index (χ3v) is 6.20. The van der Waals surface area contributed by atoms with Gasteiger partial charge >= 0.3 is 6.18 Å². The van der Waals surface area contributed by atoms with Crippen molar-refractivity contribution in [2.45, 2.75) is 24.4 Å². The molecule has 0 bridgehead atoms. The second-order valence-corrected chi connectivity index (χ2v) is 9.69. The number of alkyl halides is 3. The van der Waals surface area contributed by atoms with E-state index in [1.165, 1.54) is 28.9 Å². The molecule has 0 aliphatic rings. The van der Waals surface area contributed by atoms with Gasteiger partial charge in [-0.05, 0) is 36.8 Å². The Kier molecular flexibility index (Phi) is 7.24. The van der Waals surface area contributed by atoms with E-state index in [1.807, 2.05) is 0 Å². The smallest absolute Gasteiger partial charge is 0.416 e. The van der Waals surface area contributed by atoms with Crippen LogP contribution in [0.25, 0.3) is 11.3 Å². The van der Waals surface area contributed by atoms with Crippen LogP contribution in [0.1, 0.15) is 23.7 Å². The first-order valence-electron chi connectivity index (χ1n) is 9.86. The van der Waals surface area contributed by atoms with Crippen molar-refractivity contribution in [2.75, 3.05) is 6.54 Å². The van der Waals surface area contributed by atoms with Gasteiger partial charge in [-0.1, -0.05) is 36.5 Å². The first-order chi connectivity index (χ1) is 15.8. The zero-order valence-corrected chi connectivity index (χ0v) is 19.8. The number of hydrogen-bond donors (Lipinski definition) is 2. The molecule has 0 aliphatic carbocycles. The molecule has 7 nitrogen and oxygen atoms in total. The van der Waals surface area contributed by atoms with E-state index in [2.05, 4.69) is 10.1 Å². The average Bonchev–Trinajstić information content (AvgIpc) is 3.05. The third kappa shape index (κ3) is 5.88. The maximum atomic E-state index is 12.8. The van der Waals surface area contributed by atoms with Crippen LogP contribution in [0.4, 0.5) is 13.2 Å². The van der Waals surface area contributed by atoms with E-state index in [0.717, 1.165) is 17.7 Å². The van der Waals surface area contributed by atoms with E-state index >= 15 is 0 Å². The number of sulfonamides is 1. The van der Waals surface area contributed by atoms with E-state index in [9.17, 15) is 26.7 Å². The van der Waals surface area contributed by atoms with Gasteiger partial charge in [0.05, 0.1) is 22.7 Å². The van der Waals surface area contributed by atoms with Gasteiger partial charge in [-0.15, -0.1) is 0 Å². The van der Waals surface area contributed by atoms with Gasteiger partial charge in [0.1, 0.15) is 11.4 Å². The van der Waals surface area contributed by atoms with Crippen molar-refractivity contribution in [2.24, 2.45) is 17.2 Å². The minimum Gasteiger partial charge on any atom is -0.504 e. The van der Waals surface area contributed by atoms with Crippen LogP contribution in [0.2, 0.25) is 0 Å². The number of nitrogens with two attached hydrogens (primary N) is 1. The molecule has 3 aromatic rings. The quantitative estimate of drug-likeness (QED) is 0.370. The molecule has 0 amide bonds. The average molecular weight is 511 g/mol. The molecule has 0 atom stereocenters. The van der Waals surface area contributed by atoms with Gasteiger partial charge in [0.15, 0.2) is 5.75 Å². The Morgan fingerprint density at radius 1 is 1.15 bits per heavy atom. The summed E-state index contributed by atoms with van der Waals surface area (Å²) in [5.41, 5.74) is 1.23. The molecule has 12 heteroatoms. The first kappa shape index (κ1) is 25.5. The van der Waals surface area contributed by atoms with E-state index < -0.39 is 21.8 Å². The van der Waals surface area contributed by atoms with Crippen LogP contribution < -0.4 is 5.14 Å². The highest BCUT2D eigenvalue weighted by molar-refractivity contribution is 7.89. The standard InChI is InChI=1S/C22H21F3N4O3S2/c1-13(27-12-17(33)11-14-3-9-18(10-4-14)34(26,31)32)19-21(30)20(29(2)28-19)15-5-7-16(8-6-15)22(23,24)25/h3-10,30H,11-12H2,1-2H3,(H2,26,31,32). The minimum absolute atomic E-state index is 0.00510. The third-order valence-electron chi connectivity index (χ3n) is 5.00. The summed E-state index contributed by atoms with van der Waals surface area (Å²) < 4.78 is 62.5. The molecule has 0 radical (unpaired) electrons. The zero-order chi connectivity index (χ0) is 25.3. The molecule has 2 aromatic carbocycles. The molecule has 0 spiro atoms. The topological polar surface area (TPSA) is 111 Å². The molecule has 0 fully saturated rings. The minimum atomic E-state index is -4.45. The van der Waals surface area contributed by atoms with Crippen molar-refractivity contribution >= 4 is 32.8 Å². The summed E-state index contributed by atoms with van der Waals surface area (Å²) in [6.45, 7) is 1.80. The van der Waals surface area contributed by atoms with Gasteiger partial charge in [-0.2, -0.15) is 18.3 Å². The predicted molar refractivity (Wildman–Crippen MR) is 127 cm³/mol. The molecule has 1 aromatic heterocycles. The lowest BCUT2D eigenvalue weighted by atomic mass is 10.1. The summed E-state index contributed by atoms with van der Waals surface area (Å²) in [7, 11) is -2.20. The van der Waals surface area contributed by atoms with Gasteiger partial charge in [-0.3, -0.25) is 9.67 Å². The number of primary sulfonamides is 1. The summed E-state index contributed by atoms with van der Waals surface area (Å²) in [6.07, 6.45) is -4.08. The summed E-state index contributed by atoms with van der Waals surface area (Å²) in [6, 6.07) is 10.4. The van der Waals surface area contributed by atoms with E-state index in [0.29, 0.717) is 22.6 Å². The predicted octanol–water partition coefficient (Wildman–Crippen LogP) is 3.88. The number of thiocarbonyl (C=S) groups is 1. The molecule has 3 rings (SSSR count). The number of aryl methyl sites for hydroxylation is 1. The largest absolute Gasteiger partial charge is 0.504 e. The molecule has 0 saturated heterocycles. The number of aromatic hydroxyl groups is 1. The molecule has 0 unspecified atom stereocenters. The Balaban J connectivity index is 1.74. The number of hydrogen-bond acceptors (Lipinski definition) is 6. The second kappa shape index (κ2) is 9.65. The number of benzene rings is 2. The lowest BCUT2D eigenvalue weighted by Gasteiger charge is -2.08. The highest BCUT2D eigenvalue weighted by atomic mass is 32.2. The van der Waals surface area contributed by atoms with Crippen molar-refractivity contribution in [3.63, 3.8) is 0 Å².